The monoisotopic (exact) mass is 336 g/mol. The van der Waals surface area contributed by atoms with Gasteiger partial charge in [0, 0.05) is 30.7 Å². The zero-order chi connectivity index (χ0) is 17.4. The lowest BCUT2D eigenvalue weighted by Crippen LogP contribution is -2.37. The summed E-state index contributed by atoms with van der Waals surface area (Å²) in [5.74, 6) is 1.32. The zero-order valence-corrected chi connectivity index (χ0v) is 13.7. The molecule has 0 aromatic carbocycles. The Morgan fingerprint density at radius 2 is 2.40 bits per heavy atom. The van der Waals surface area contributed by atoms with Crippen molar-refractivity contribution in [1.29, 1.82) is 5.26 Å². The quantitative estimate of drug-likeness (QED) is 0.725. The molecule has 0 bridgehead atoms. The standard InChI is InChI=1S/C16H16N8O/c1-9-19-15-13(11-3-6-18-14(11)22-23-15)16(20-9)24-7-4-10(8-24)21-12(25)2-5-17/h3,6,10H,2,4,7-8H2,1H3,(H,21,25)(H,19,20,23). The molecule has 1 unspecified atom stereocenters. The van der Waals surface area contributed by atoms with E-state index in [4.69, 9.17) is 5.26 Å². The summed E-state index contributed by atoms with van der Waals surface area (Å²) in [4.78, 5) is 25.8. The van der Waals surface area contributed by atoms with Crippen LogP contribution in [0.1, 0.15) is 18.7 Å². The second-order valence-corrected chi connectivity index (χ2v) is 6.09. The minimum absolute atomic E-state index is 0.00488. The van der Waals surface area contributed by atoms with Gasteiger partial charge in [-0.3, -0.25) is 4.79 Å². The van der Waals surface area contributed by atoms with Crippen LogP contribution in [-0.2, 0) is 4.79 Å². The number of H-pyrrole nitrogens is 1. The van der Waals surface area contributed by atoms with Crippen LogP contribution in [-0.4, -0.2) is 50.2 Å². The van der Waals surface area contributed by atoms with Crippen molar-refractivity contribution >= 4 is 33.8 Å². The molecular formula is C16H16N8O. The molecule has 0 spiro atoms. The molecule has 9 heteroatoms. The van der Waals surface area contributed by atoms with Gasteiger partial charge in [0.1, 0.15) is 18.1 Å². The largest absolute Gasteiger partial charge is 0.354 e. The van der Waals surface area contributed by atoms with Crippen LogP contribution in [0.15, 0.2) is 12.3 Å². The van der Waals surface area contributed by atoms with Crippen molar-refractivity contribution in [2.75, 3.05) is 18.0 Å². The number of nitrogens with one attached hydrogen (secondary N) is 2. The Bertz CT molecular complexity index is 1000. The number of fused-ring (bicyclic) bond motifs is 3. The lowest BCUT2D eigenvalue weighted by molar-refractivity contribution is -0.120. The van der Waals surface area contributed by atoms with Gasteiger partial charge in [-0.25, -0.2) is 9.97 Å². The average molecular weight is 336 g/mol. The van der Waals surface area contributed by atoms with Gasteiger partial charge < -0.3 is 15.2 Å². The van der Waals surface area contributed by atoms with Gasteiger partial charge in [-0.1, -0.05) is 0 Å². The molecule has 4 heterocycles. The number of amides is 1. The van der Waals surface area contributed by atoms with Gasteiger partial charge >= 0.3 is 0 Å². The first kappa shape index (κ1) is 15.3. The Labute approximate surface area is 143 Å². The average Bonchev–Trinajstić information content (AvgIpc) is 3.22. The summed E-state index contributed by atoms with van der Waals surface area (Å²) in [6, 6.07) is 3.78. The maximum atomic E-state index is 11.6. The highest BCUT2D eigenvalue weighted by molar-refractivity contribution is 6.07. The zero-order valence-electron chi connectivity index (χ0n) is 13.7. The number of rotatable bonds is 3. The van der Waals surface area contributed by atoms with Gasteiger partial charge in [-0.2, -0.15) is 5.26 Å². The molecule has 2 N–H and O–H groups in total. The Morgan fingerprint density at radius 1 is 1.52 bits per heavy atom. The van der Waals surface area contributed by atoms with Gasteiger partial charge in [-0.15, -0.1) is 10.2 Å². The molecule has 3 aromatic heterocycles. The molecule has 25 heavy (non-hydrogen) atoms. The van der Waals surface area contributed by atoms with Crippen molar-refractivity contribution in [1.82, 2.24) is 30.5 Å². The highest BCUT2D eigenvalue weighted by Gasteiger charge is 2.27. The lowest BCUT2D eigenvalue weighted by Gasteiger charge is -2.20. The summed E-state index contributed by atoms with van der Waals surface area (Å²) >= 11 is 0. The Hall–Kier alpha value is -3.28. The van der Waals surface area contributed by atoms with Crippen molar-refractivity contribution in [3.05, 3.63) is 18.1 Å². The Kier molecular flexibility index (Phi) is 3.65. The van der Waals surface area contributed by atoms with E-state index in [9.17, 15) is 4.79 Å². The number of anilines is 1. The van der Waals surface area contributed by atoms with Crippen LogP contribution in [0.25, 0.3) is 22.1 Å². The second kappa shape index (κ2) is 5.98. The molecule has 1 aliphatic heterocycles. The Balaban J connectivity index is 1.71. The number of carbonyl (C=O) groups is 1. The summed E-state index contributed by atoms with van der Waals surface area (Å²) in [5.41, 5.74) is 1.26. The molecule has 1 atom stereocenters. The SMILES string of the molecule is Cc1nc(N2CCC(NC(=O)CC#N)C2)c2c(nnc3nccc32)[nH]1. The van der Waals surface area contributed by atoms with Crippen LogP contribution in [0.4, 0.5) is 5.82 Å². The molecule has 1 fully saturated rings. The summed E-state index contributed by atoms with van der Waals surface area (Å²) < 4.78 is 0. The number of hydrogen-bond donors (Lipinski definition) is 2. The fraction of sp³-hybridized carbons (Fsp3) is 0.375. The van der Waals surface area contributed by atoms with Crippen molar-refractivity contribution in [3.63, 3.8) is 0 Å². The van der Waals surface area contributed by atoms with Crippen molar-refractivity contribution in [2.24, 2.45) is 0 Å². The van der Waals surface area contributed by atoms with Gasteiger partial charge in [-0.05, 0) is 19.4 Å². The van der Waals surface area contributed by atoms with E-state index in [1.807, 2.05) is 19.1 Å². The molecule has 0 radical (unpaired) electrons. The van der Waals surface area contributed by atoms with E-state index in [0.29, 0.717) is 17.8 Å². The molecule has 126 valence electrons. The number of hydrogen-bond acceptors (Lipinski definition) is 7. The van der Waals surface area contributed by atoms with E-state index in [1.54, 1.807) is 6.20 Å². The van der Waals surface area contributed by atoms with Crippen molar-refractivity contribution in [2.45, 2.75) is 25.8 Å². The van der Waals surface area contributed by atoms with Crippen LogP contribution < -0.4 is 10.2 Å². The maximum absolute atomic E-state index is 11.6. The van der Waals surface area contributed by atoms with E-state index in [-0.39, 0.29) is 18.4 Å². The van der Waals surface area contributed by atoms with Crippen LogP contribution >= 0.6 is 0 Å². The summed E-state index contributed by atoms with van der Waals surface area (Å²) in [6.07, 6.45) is 2.39. The smallest absolute Gasteiger partial charge is 0.234 e. The van der Waals surface area contributed by atoms with Crippen LogP contribution in [0.5, 0.6) is 0 Å². The molecule has 9 nitrogen and oxygen atoms in total. The van der Waals surface area contributed by atoms with Gasteiger partial charge in [0.05, 0.1) is 11.5 Å². The summed E-state index contributed by atoms with van der Waals surface area (Å²) in [5, 5.41) is 21.7. The Morgan fingerprint density at radius 3 is 3.24 bits per heavy atom. The molecule has 0 aliphatic carbocycles. The van der Waals surface area contributed by atoms with E-state index in [0.717, 1.165) is 35.4 Å². The topological polar surface area (TPSA) is 123 Å². The lowest BCUT2D eigenvalue weighted by atomic mass is 10.2. The fourth-order valence-corrected chi connectivity index (χ4v) is 3.25. The number of aromatic nitrogens is 5. The van der Waals surface area contributed by atoms with Crippen molar-refractivity contribution in [3.8, 4) is 6.07 Å². The number of carbonyl (C=O) groups excluding carboxylic acids is 1. The summed E-state index contributed by atoms with van der Waals surface area (Å²) in [6.45, 7) is 3.28. The molecule has 1 aliphatic rings. The van der Waals surface area contributed by atoms with Gasteiger partial charge in [0.2, 0.25) is 5.91 Å². The molecule has 1 saturated heterocycles. The van der Waals surface area contributed by atoms with Crippen molar-refractivity contribution < 1.29 is 4.79 Å². The molecule has 4 rings (SSSR count). The second-order valence-electron chi connectivity index (χ2n) is 6.09. The third-order valence-electron chi connectivity index (χ3n) is 4.32. The minimum atomic E-state index is -0.238. The molecular weight excluding hydrogens is 320 g/mol. The first-order valence-corrected chi connectivity index (χ1v) is 8.04. The van der Waals surface area contributed by atoms with E-state index in [1.165, 1.54) is 0 Å². The van der Waals surface area contributed by atoms with E-state index >= 15 is 0 Å². The predicted octanol–water partition coefficient (Wildman–Crippen LogP) is 0.818. The van der Waals surface area contributed by atoms with E-state index in [2.05, 4.69) is 35.4 Å². The highest BCUT2D eigenvalue weighted by atomic mass is 16.1. The third kappa shape index (κ3) is 2.71. The van der Waals surface area contributed by atoms with Crippen LogP contribution in [0, 0.1) is 18.3 Å². The van der Waals surface area contributed by atoms with Crippen LogP contribution in [0.2, 0.25) is 0 Å². The number of nitrogens with zero attached hydrogens (tertiary/aromatic N) is 6. The predicted molar refractivity (Wildman–Crippen MR) is 90.7 cm³/mol. The maximum Gasteiger partial charge on any atom is 0.234 e. The first-order chi connectivity index (χ1) is 12.2. The number of aryl methyl sites for hydroxylation is 1. The number of aromatic amines is 1. The van der Waals surface area contributed by atoms with Gasteiger partial charge in [0.25, 0.3) is 0 Å². The number of nitriles is 1. The third-order valence-corrected chi connectivity index (χ3v) is 4.32. The van der Waals surface area contributed by atoms with Gasteiger partial charge in [0.15, 0.2) is 11.3 Å². The molecule has 0 saturated carbocycles. The molecule has 3 aromatic rings. The fourth-order valence-electron chi connectivity index (χ4n) is 3.25. The highest BCUT2D eigenvalue weighted by Crippen LogP contribution is 2.30. The normalized spacial score (nSPS) is 17.1. The van der Waals surface area contributed by atoms with Crippen LogP contribution in [0.3, 0.4) is 0 Å². The molecule has 1 amide bonds. The summed E-state index contributed by atoms with van der Waals surface area (Å²) in [7, 11) is 0. The minimum Gasteiger partial charge on any atom is -0.354 e. The van der Waals surface area contributed by atoms with E-state index < -0.39 is 0 Å². The first-order valence-electron chi connectivity index (χ1n) is 8.04.